The first-order valence-corrected chi connectivity index (χ1v) is 14.9. The highest BCUT2D eigenvalue weighted by molar-refractivity contribution is 5.98. The maximum atomic E-state index is 13.8. The first-order chi connectivity index (χ1) is 20.8. The molecule has 0 spiro atoms. The number of carbonyl (C=O) groups is 2. The molecule has 1 amide bonds. The lowest BCUT2D eigenvalue weighted by Gasteiger charge is -2.37. The predicted octanol–water partition coefficient (Wildman–Crippen LogP) is 5.66. The van der Waals surface area contributed by atoms with Gasteiger partial charge in [-0.1, -0.05) is 48.5 Å². The molecule has 9 nitrogen and oxygen atoms in total. The molecule has 1 unspecified atom stereocenters. The van der Waals surface area contributed by atoms with Crippen LogP contribution in [0.3, 0.4) is 0 Å². The van der Waals surface area contributed by atoms with Crippen LogP contribution in [-0.4, -0.2) is 50.8 Å². The number of piperidine rings is 1. The summed E-state index contributed by atoms with van der Waals surface area (Å²) in [6.07, 6.45) is 3.37. The van der Waals surface area contributed by atoms with E-state index in [1.54, 1.807) is 23.9 Å². The lowest BCUT2D eigenvalue weighted by molar-refractivity contribution is -0.122. The van der Waals surface area contributed by atoms with Crippen molar-refractivity contribution in [1.29, 1.82) is 0 Å². The van der Waals surface area contributed by atoms with Crippen molar-refractivity contribution in [2.75, 3.05) is 25.0 Å². The van der Waals surface area contributed by atoms with Crippen molar-refractivity contribution in [2.45, 2.75) is 58.5 Å². The number of esters is 1. The minimum atomic E-state index is -0.471. The zero-order valence-electron chi connectivity index (χ0n) is 25.2. The number of hydrogen-bond donors (Lipinski definition) is 1. The van der Waals surface area contributed by atoms with Crippen LogP contribution in [0, 0.1) is 6.92 Å². The third kappa shape index (κ3) is 6.62. The zero-order valence-corrected chi connectivity index (χ0v) is 25.2. The van der Waals surface area contributed by atoms with Gasteiger partial charge in [0.2, 0.25) is 5.91 Å². The van der Waals surface area contributed by atoms with E-state index in [2.05, 4.69) is 27.4 Å². The van der Waals surface area contributed by atoms with Gasteiger partial charge in [-0.15, -0.1) is 0 Å². The highest BCUT2D eigenvalue weighted by Gasteiger charge is 2.32. The second-order valence-electron chi connectivity index (χ2n) is 11.3. The van der Waals surface area contributed by atoms with Crippen LogP contribution in [0.2, 0.25) is 0 Å². The molecule has 0 aliphatic carbocycles. The molecule has 1 aliphatic heterocycles. The molecule has 1 saturated heterocycles. The lowest BCUT2D eigenvalue weighted by Crippen LogP contribution is -2.41. The Morgan fingerprint density at radius 1 is 1.00 bits per heavy atom. The Hall–Kier alpha value is -4.50. The third-order valence-corrected chi connectivity index (χ3v) is 8.08. The average Bonchev–Trinajstić information content (AvgIpc) is 3.41. The number of carbonyl (C=O) groups excluding carboxylic acids is 2. The maximum Gasteiger partial charge on any atom is 0.350 e. The fourth-order valence-electron chi connectivity index (χ4n) is 5.75. The Balaban J connectivity index is 1.29. The molecule has 0 radical (unpaired) electrons. The van der Waals surface area contributed by atoms with E-state index >= 15 is 0 Å². The van der Waals surface area contributed by atoms with Gasteiger partial charge in [0.05, 0.1) is 23.9 Å². The van der Waals surface area contributed by atoms with Gasteiger partial charge in [-0.25, -0.2) is 18.8 Å². The van der Waals surface area contributed by atoms with Gasteiger partial charge in [0.1, 0.15) is 12.4 Å². The van der Waals surface area contributed by atoms with Gasteiger partial charge in [0, 0.05) is 5.69 Å². The van der Waals surface area contributed by atoms with E-state index < -0.39 is 12.0 Å². The SMILES string of the molecule is CCOC(=O)c1cc(NC(=O)C(c2ccccc2)N2CCC(c3ccc(-n4cnn(C(C)C)c4=O)cc3)CC2)ccc1C. The summed E-state index contributed by atoms with van der Waals surface area (Å²) in [5.74, 6) is -0.187. The lowest BCUT2D eigenvalue weighted by atomic mass is 9.88. The van der Waals surface area contributed by atoms with Gasteiger partial charge in [-0.2, -0.15) is 5.10 Å². The van der Waals surface area contributed by atoms with E-state index in [1.165, 1.54) is 10.2 Å². The Bertz CT molecular complexity index is 1620. The third-order valence-electron chi connectivity index (χ3n) is 8.08. The smallest absolute Gasteiger partial charge is 0.350 e. The van der Waals surface area contributed by atoms with Crippen molar-refractivity contribution in [3.8, 4) is 5.69 Å². The van der Waals surface area contributed by atoms with Crippen LogP contribution in [0.25, 0.3) is 5.69 Å². The monoisotopic (exact) mass is 581 g/mol. The number of nitrogens with zero attached hydrogens (tertiary/aromatic N) is 4. The van der Waals surface area contributed by atoms with Crippen LogP contribution in [0.1, 0.15) is 78.7 Å². The number of nitrogens with one attached hydrogen (secondary N) is 1. The number of aryl methyl sites for hydroxylation is 1. The van der Waals surface area contributed by atoms with E-state index in [0.717, 1.165) is 42.7 Å². The normalized spacial score (nSPS) is 14.9. The summed E-state index contributed by atoms with van der Waals surface area (Å²) in [4.78, 5) is 41.1. The first kappa shape index (κ1) is 30.0. The molecule has 4 aromatic rings. The van der Waals surface area contributed by atoms with Crippen LogP contribution in [0.4, 0.5) is 5.69 Å². The van der Waals surface area contributed by atoms with Crippen LogP contribution < -0.4 is 11.0 Å². The van der Waals surface area contributed by atoms with E-state index in [0.29, 0.717) is 17.2 Å². The summed E-state index contributed by atoms with van der Waals surface area (Å²) < 4.78 is 8.23. The molecule has 1 fully saturated rings. The molecule has 0 bridgehead atoms. The topological polar surface area (TPSA) is 98.5 Å². The van der Waals surface area contributed by atoms with Crippen molar-refractivity contribution >= 4 is 17.6 Å². The standard InChI is InChI=1S/C34H39N5O4/c1-5-43-33(41)30-21-28(14-11-24(30)4)36-32(40)31(27-9-7-6-8-10-27)37-19-17-26(18-20-37)25-12-15-29(16-13-25)38-22-35-39(23(2)3)34(38)42/h6-16,21-23,26,31H,5,17-20H2,1-4H3,(H,36,40). The summed E-state index contributed by atoms with van der Waals surface area (Å²) in [6, 6.07) is 22.8. The van der Waals surface area contributed by atoms with Crippen molar-refractivity contribution in [3.05, 3.63) is 112 Å². The van der Waals surface area contributed by atoms with Gasteiger partial charge in [0.15, 0.2) is 0 Å². The molecule has 224 valence electrons. The summed E-state index contributed by atoms with van der Waals surface area (Å²) in [5.41, 5.74) is 4.59. The fourth-order valence-corrected chi connectivity index (χ4v) is 5.75. The molecule has 2 heterocycles. The van der Waals surface area contributed by atoms with E-state index in [9.17, 15) is 14.4 Å². The molecule has 3 aromatic carbocycles. The fraction of sp³-hybridized carbons (Fsp3) is 0.353. The second-order valence-corrected chi connectivity index (χ2v) is 11.3. The van der Waals surface area contributed by atoms with E-state index in [4.69, 9.17) is 4.74 Å². The second kappa shape index (κ2) is 13.2. The molecular formula is C34H39N5O4. The number of likely N-dealkylation sites (tertiary alicyclic amines) is 1. The Labute approximate surface area is 252 Å². The first-order valence-electron chi connectivity index (χ1n) is 14.9. The molecule has 5 rings (SSSR count). The molecule has 1 aromatic heterocycles. The van der Waals surface area contributed by atoms with Crippen LogP contribution >= 0.6 is 0 Å². The van der Waals surface area contributed by atoms with Gasteiger partial charge < -0.3 is 10.1 Å². The summed E-state index contributed by atoms with van der Waals surface area (Å²) in [7, 11) is 0. The maximum absolute atomic E-state index is 13.8. The highest BCUT2D eigenvalue weighted by Crippen LogP contribution is 2.33. The minimum absolute atomic E-state index is 0.000963. The summed E-state index contributed by atoms with van der Waals surface area (Å²) in [5, 5.41) is 7.28. The molecular weight excluding hydrogens is 542 g/mol. The van der Waals surface area contributed by atoms with Crippen molar-refractivity contribution in [2.24, 2.45) is 0 Å². The number of amides is 1. The van der Waals surface area contributed by atoms with Crippen molar-refractivity contribution in [1.82, 2.24) is 19.2 Å². The van der Waals surface area contributed by atoms with Crippen LogP contribution in [-0.2, 0) is 9.53 Å². The Morgan fingerprint density at radius 3 is 2.33 bits per heavy atom. The number of ether oxygens (including phenoxy) is 1. The average molecular weight is 582 g/mol. The Kier molecular flexibility index (Phi) is 9.21. The molecule has 1 aliphatic rings. The quantitative estimate of drug-likeness (QED) is 0.256. The molecule has 9 heteroatoms. The number of hydrogen-bond acceptors (Lipinski definition) is 6. The van der Waals surface area contributed by atoms with Crippen molar-refractivity contribution in [3.63, 3.8) is 0 Å². The molecule has 1 N–H and O–H groups in total. The van der Waals surface area contributed by atoms with E-state index in [1.807, 2.05) is 75.4 Å². The van der Waals surface area contributed by atoms with Gasteiger partial charge in [-0.05, 0) is 100 Å². The molecule has 1 atom stereocenters. The predicted molar refractivity (Wildman–Crippen MR) is 167 cm³/mol. The molecule has 0 saturated carbocycles. The van der Waals surface area contributed by atoms with Crippen LogP contribution in [0.5, 0.6) is 0 Å². The molecule has 43 heavy (non-hydrogen) atoms. The van der Waals surface area contributed by atoms with Gasteiger partial charge >= 0.3 is 11.7 Å². The largest absolute Gasteiger partial charge is 0.462 e. The summed E-state index contributed by atoms with van der Waals surface area (Å²) in [6.45, 7) is 9.28. The van der Waals surface area contributed by atoms with Gasteiger partial charge in [0.25, 0.3) is 0 Å². The number of rotatable bonds is 9. The zero-order chi connectivity index (χ0) is 30.5. The minimum Gasteiger partial charge on any atom is -0.462 e. The van der Waals surface area contributed by atoms with E-state index in [-0.39, 0.29) is 24.2 Å². The highest BCUT2D eigenvalue weighted by atomic mass is 16.5. The number of aromatic nitrogens is 3. The van der Waals surface area contributed by atoms with Crippen LogP contribution in [0.15, 0.2) is 83.9 Å². The summed E-state index contributed by atoms with van der Waals surface area (Å²) >= 11 is 0. The number of anilines is 1. The van der Waals surface area contributed by atoms with Gasteiger partial charge in [-0.3, -0.25) is 9.69 Å². The number of benzene rings is 3. The van der Waals surface area contributed by atoms with Crippen molar-refractivity contribution < 1.29 is 14.3 Å². The Morgan fingerprint density at radius 2 is 1.70 bits per heavy atom.